The largest absolute Gasteiger partial charge is 0.513 e. The highest BCUT2D eigenvalue weighted by molar-refractivity contribution is 5.96. The normalized spacial score (nSPS) is 10.2. The number of hydrogen-bond acceptors (Lipinski definition) is 4. The minimum Gasteiger partial charge on any atom is -0.513 e. The van der Waals surface area contributed by atoms with Crippen LogP contribution in [0.1, 0.15) is 48.9 Å². The number of phenols is 1. The van der Waals surface area contributed by atoms with Crippen molar-refractivity contribution in [1.82, 2.24) is 5.32 Å². The average Bonchev–Trinajstić information content (AvgIpc) is 2.49. The molecule has 1 rings (SSSR count). The number of ether oxygens (including phenoxy) is 1. The topological polar surface area (TPSA) is 78.8 Å². The van der Waals surface area contributed by atoms with Crippen molar-refractivity contribution in [3.8, 4) is 11.5 Å². The van der Waals surface area contributed by atoms with Crippen LogP contribution in [0.3, 0.4) is 0 Å². The first-order valence-corrected chi connectivity index (χ1v) is 7.56. The zero-order valence-electron chi connectivity index (χ0n) is 13.1. The quantitative estimate of drug-likeness (QED) is 0.456. The van der Waals surface area contributed by atoms with Crippen LogP contribution in [0.4, 0.5) is 0 Å². The number of allylic oxidation sites excluding steroid dienone is 1. The average molecular weight is 307 g/mol. The molecule has 0 aliphatic heterocycles. The molecule has 0 spiro atoms. The van der Waals surface area contributed by atoms with E-state index in [0.29, 0.717) is 18.7 Å². The molecule has 0 aliphatic rings. The summed E-state index contributed by atoms with van der Waals surface area (Å²) < 4.78 is 4.98. The van der Waals surface area contributed by atoms with Crippen molar-refractivity contribution in [3.63, 3.8) is 0 Å². The fraction of sp³-hybridized carbons (Fsp3) is 0.471. The summed E-state index contributed by atoms with van der Waals surface area (Å²) in [5.41, 5.74) is 0.252. The molecule has 5 heteroatoms. The van der Waals surface area contributed by atoms with Gasteiger partial charge in [-0.25, -0.2) is 0 Å². The fourth-order valence-corrected chi connectivity index (χ4v) is 2.11. The number of unbranched alkanes of at least 4 members (excludes halogenated alkanes) is 4. The molecule has 0 atom stereocenters. The molecule has 0 saturated carbocycles. The molecule has 0 fully saturated rings. The summed E-state index contributed by atoms with van der Waals surface area (Å²) in [7, 11) is 1.50. The standard InChI is InChI=1S/C17H25NO4/c1-13(19)8-6-4-3-5-7-11-18-17(21)15-10-9-14(22-2)12-16(15)20/h9-10,12,19-20H,1,3-8,11H2,2H3,(H,18,21). The monoisotopic (exact) mass is 307 g/mol. The number of nitrogens with one attached hydrogen (secondary N) is 1. The summed E-state index contributed by atoms with van der Waals surface area (Å²) in [5, 5.41) is 21.5. The molecule has 122 valence electrons. The lowest BCUT2D eigenvalue weighted by molar-refractivity contribution is 0.0950. The molecule has 3 N–H and O–H groups in total. The van der Waals surface area contributed by atoms with E-state index in [2.05, 4.69) is 11.9 Å². The summed E-state index contributed by atoms with van der Waals surface area (Å²) in [6.07, 6.45) is 5.63. The third-order valence-electron chi connectivity index (χ3n) is 3.38. The van der Waals surface area contributed by atoms with Gasteiger partial charge in [0.05, 0.1) is 18.4 Å². The van der Waals surface area contributed by atoms with E-state index in [1.807, 2.05) is 0 Å². The molecule has 0 aliphatic carbocycles. The summed E-state index contributed by atoms with van der Waals surface area (Å²) in [5.74, 6) is 0.393. The molecule has 1 aromatic rings. The van der Waals surface area contributed by atoms with E-state index in [9.17, 15) is 9.90 Å². The highest BCUT2D eigenvalue weighted by Gasteiger charge is 2.11. The highest BCUT2D eigenvalue weighted by atomic mass is 16.5. The SMILES string of the molecule is C=C(O)CCCCCCCNC(=O)c1ccc(OC)cc1O. The summed E-state index contributed by atoms with van der Waals surface area (Å²) in [4.78, 5) is 11.9. The molecular weight excluding hydrogens is 282 g/mol. The number of benzene rings is 1. The van der Waals surface area contributed by atoms with Gasteiger partial charge in [0.1, 0.15) is 11.5 Å². The Bertz CT molecular complexity index is 499. The van der Waals surface area contributed by atoms with Gasteiger partial charge in [-0.05, 0) is 25.0 Å². The zero-order chi connectivity index (χ0) is 16.4. The number of rotatable bonds is 10. The predicted molar refractivity (Wildman–Crippen MR) is 86.5 cm³/mol. The first-order valence-electron chi connectivity index (χ1n) is 7.56. The number of carbonyl (C=O) groups is 1. The Morgan fingerprint density at radius 3 is 2.55 bits per heavy atom. The Balaban J connectivity index is 2.19. The maximum absolute atomic E-state index is 11.9. The minimum atomic E-state index is -0.281. The number of phenolic OH excluding ortho intramolecular Hbond substituents is 1. The van der Waals surface area contributed by atoms with E-state index in [1.165, 1.54) is 13.2 Å². The minimum absolute atomic E-state index is 0.0823. The summed E-state index contributed by atoms with van der Waals surface area (Å²) >= 11 is 0. The van der Waals surface area contributed by atoms with Crippen molar-refractivity contribution in [1.29, 1.82) is 0 Å². The van der Waals surface area contributed by atoms with Crippen molar-refractivity contribution in [3.05, 3.63) is 36.1 Å². The first kappa shape index (κ1) is 17.9. The first-order chi connectivity index (χ1) is 10.5. The molecule has 0 bridgehead atoms. The van der Waals surface area contributed by atoms with Crippen molar-refractivity contribution < 1.29 is 19.7 Å². The van der Waals surface area contributed by atoms with E-state index < -0.39 is 0 Å². The van der Waals surface area contributed by atoms with Crippen LogP contribution in [0.15, 0.2) is 30.5 Å². The van der Waals surface area contributed by atoms with Crippen LogP contribution < -0.4 is 10.1 Å². The lowest BCUT2D eigenvalue weighted by Gasteiger charge is -2.08. The van der Waals surface area contributed by atoms with Crippen LogP contribution in [0, 0.1) is 0 Å². The smallest absolute Gasteiger partial charge is 0.255 e. The Morgan fingerprint density at radius 1 is 1.23 bits per heavy atom. The van der Waals surface area contributed by atoms with Gasteiger partial charge in [0.25, 0.3) is 5.91 Å². The van der Waals surface area contributed by atoms with Gasteiger partial charge < -0.3 is 20.3 Å². The molecule has 1 aromatic carbocycles. The second kappa shape index (κ2) is 9.71. The molecule has 0 unspecified atom stereocenters. The van der Waals surface area contributed by atoms with Crippen molar-refractivity contribution in [2.75, 3.05) is 13.7 Å². The van der Waals surface area contributed by atoms with E-state index >= 15 is 0 Å². The van der Waals surface area contributed by atoms with Gasteiger partial charge >= 0.3 is 0 Å². The molecule has 5 nitrogen and oxygen atoms in total. The van der Waals surface area contributed by atoms with E-state index in [1.54, 1.807) is 12.1 Å². The number of aliphatic hydroxyl groups excluding tert-OH is 1. The fourth-order valence-electron chi connectivity index (χ4n) is 2.11. The number of carbonyl (C=O) groups excluding carboxylic acids is 1. The summed E-state index contributed by atoms with van der Waals surface area (Å²) in [6.45, 7) is 4.03. The molecule has 0 saturated heterocycles. The van der Waals surface area contributed by atoms with Gasteiger partial charge in [-0.1, -0.05) is 25.8 Å². The van der Waals surface area contributed by atoms with Gasteiger partial charge in [0.15, 0.2) is 0 Å². The third-order valence-corrected chi connectivity index (χ3v) is 3.38. The van der Waals surface area contributed by atoms with Crippen LogP contribution in [0.25, 0.3) is 0 Å². The maximum Gasteiger partial charge on any atom is 0.255 e. The van der Waals surface area contributed by atoms with Crippen LogP contribution in [-0.4, -0.2) is 29.8 Å². The number of amides is 1. The van der Waals surface area contributed by atoms with Gasteiger partial charge in [-0.2, -0.15) is 0 Å². The number of aromatic hydroxyl groups is 1. The van der Waals surface area contributed by atoms with Crippen LogP contribution in [0.2, 0.25) is 0 Å². The molecule has 1 amide bonds. The van der Waals surface area contributed by atoms with Gasteiger partial charge in [-0.15, -0.1) is 0 Å². The summed E-state index contributed by atoms with van der Waals surface area (Å²) in [6, 6.07) is 4.61. The number of methoxy groups -OCH3 is 1. The van der Waals surface area contributed by atoms with Crippen molar-refractivity contribution in [2.24, 2.45) is 0 Å². The van der Waals surface area contributed by atoms with Gasteiger partial charge in [-0.3, -0.25) is 4.79 Å². The van der Waals surface area contributed by atoms with Gasteiger partial charge in [0.2, 0.25) is 0 Å². The Kier molecular flexibility index (Phi) is 7.89. The predicted octanol–water partition coefficient (Wildman–Crippen LogP) is 3.54. The molecular formula is C17H25NO4. The lowest BCUT2D eigenvalue weighted by Crippen LogP contribution is -2.24. The van der Waals surface area contributed by atoms with E-state index in [-0.39, 0.29) is 23.0 Å². The van der Waals surface area contributed by atoms with E-state index in [4.69, 9.17) is 9.84 Å². The third kappa shape index (κ3) is 6.52. The maximum atomic E-state index is 11.9. The number of aliphatic hydroxyl groups is 1. The Hall–Kier alpha value is -2.17. The van der Waals surface area contributed by atoms with Crippen LogP contribution >= 0.6 is 0 Å². The second-order valence-corrected chi connectivity index (χ2v) is 5.22. The molecule has 0 aromatic heterocycles. The van der Waals surface area contributed by atoms with Crippen LogP contribution in [-0.2, 0) is 0 Å². The Morgan fingerprint density at radius 2 is 1.91 bits per heavy atom. The van der Waals surface area contributed by atoms with Crippen LogP contribution in [0.5, 0.6) is 11.5 Å². The molecule has 0 radical (unpaired) electrons. The second-order valence-electron chi connectivity index (χ2n) is 5.22. The van der Waals surface area contributed by atoms with E-state index in [0.717, 1.165) is 32.1 Å². The highest BCUT2D eigenvalue weighted by Crippen LogP contribution is 2.23. The zero-order valence-corrected chi connectivity index (χ0v) is 13.1. The molecule has 0 heterocycles. The molecule has 22 heavy (non-hydrogen) atoms. The Labute approximate surface area is 131 Å². The lowest BCUT2D eigenvalue weighted by atomic mass is 10.1. The number of hydrogen-bond donors (Lipinski definition) is 3. The van der Waals surface area contributed by atoms with Crippen molar-refractivity contribution >= 4 is 5.91 Å². The van der Waals surface area contributed by atoms with Crippen molar-refractivity contribution in [2.45, 2.75) is 38.5 Å². The van der Waals surface area contributed by atoms with Gasteiger partial charge in [0, 0.05) is 19.0 Å².